The largest absolute Gasteiger partial charge is 0.383 e. The van der Waals surface area contributed by atoms with Crippen LogP contribution >= 0.6 is 0 Å². The van der Waals surface area contributed by atoms with Gasteiger partial charge in [-0.25, -0.2) is 4.98 Å². The zero-order valence-corrected chi connectivity index (χ0v) is 9.01. The monoisotopic (exact) mass is 212 g/mol. The van der Waals surface area contributed by atoms with E-state index in [1.165, 1.54) is 0 Å². The second-order valence-corrected chi connectivity index (χ2v) is 3.45. The van der Waals surface area contributed by atoms with Crippen LogP contribution in [0.1, 0.15) is 12.5 Å². The summed E-state index contributed by atoms with van der Waals surface area (Å²) in [5.74, 6) is 0.659. The quantitative estimate of drug-likeness (QED) is 0.828. The molecule has 2 N–H and O–H groups in total. The molecule has 1 aromatic heterocycles. The number of nitrogen functional groups attached to an aromatic ring is 1. The maximum Gasteiger partial charge on any atom is 0.131 e. The second-order valence-electron chi connectivity index (χ2n) is 3.45. The van der Waals surface area contributed by atoms with Crippen molar-refractivity contribution in [2.75, 3.05) is 5.73 Å². The summed E-state index contributed by atoms with van der Waals surface area (Å²) >= 11 is 0. The van der Waals surface area contributed by atoms with Crippen molar-refractivity contribution in [3.05, 3.63) is 36.2 Å². The summed E-state index contributed by atoms with van der Waals surface area (Å²) in [6, 6.07) is 9.32. The molecule has 0 bridgehead atoms. The summed E-state index contributed by atoms with van der Waals surface area (Å²) in [7, 11) is 0. The van der Waals surface area contributed by atoms with Crippen molar-refractivity contribution in [1.82, 2.24) is 9.55 Å². The molecule has 1 aromatic carbocycles. The van der Waals surface area contributed by atoms with Crippen LogP contribution < -0.4 is 5.73 Å². The summed E-state index contributed by atoms with van der Waals surface area (Å²) in [4.78, 5) is 4.27. The van der Waals surface area contributed by atoms with Gasteiger partial charge in [0.05, 0.1) is 18.0 Å². The van der Waals surface area contributed by atoms with Gasteiger partial charge < -0.3 is 10.3 Å². The number of hydrogen-bond donors (Lipinski definition) is 1. The number of nitrogens with two attached hydrogens (primary N) is 1. The number of aryl methyl sites for hydroxylation is 1. The van der Waals surface area contributed by atoms with E-state index in [0.717, 1.165) is 17.8 Å². The average molecular weight is 212 g/mol. The van der Waals surface area contributed by atoms with Gasteiger partial charge >= 0.3 is 0 Å². The summed E-state index contributed by atoms with van der Waals surface area (Å²) in [6.45, 7) is 2.82. The van der Waals surface area contributed by atoms with Crippen molar-refractivity contribution in [2.24, 2.45) is 0 Å². The SMILES string of the molecule is CCn1cnc(-c2ccc(C#N)cc2)c1N. The Balaban J connectivity index is 2.43. The van der Waals surface area contributed by atoms with Crippen LogP contribution in [0.15, 0.2) is 30.6 Å². The van der Waals surface area contributed by atoms with Crippen LogP contribution in [0.5, 0.6) is 0 Å². The summed E-state index contributed by atoms with van der Waals surface area (Å²) in [6.07, 6.45) is 1.73. The first kappa shape index (κ1) is 10.2. The number of benzene rings is 1. The second kappa shape index (κ2) is 4.07. The molecule has 0 atom stereocenters. The van der Waals surface area contributed by atoms with Crippen LogP contribution in [-0.4, -0.2) is 9.55 Å². The van der Waals surface area contributed by atoms with Crippen molar-refractivity contribution in [3.8, 4) is 17.3 Å². The fourth-order valence-corrected chi connectivity index (χ4v) is 1.57. The van der Waals surface area contributed by atoms with E-state index >= 15 is 0 Å². The fourth-order valence-electron chi connectivity index (χ4n) is 1.57. The Hall–Kier alpha value is -2.28. The van der Waals surface area contributed by atoms with Gasteiger partial charge in [-0.3, -0.25) is 0 Å². The average Bonchev–Trinajstić information content (AvgIpc) is 2.70. The van der Waals surface area contributed by atoms with E-state index in [9.17, 15) is 0 Å². The van der Waals surface area contributed by atoms with Crippen molar-refractivity contribution >= 4 is 5.82 Å². The van der Waals surface area contributed by atoms with Crippen molar-refractivity contribution in [1.29, 1.82) is 5.26 Å². The summed E-state index contributed by atoms with van der Waals surface area (Å²) in [5.41, 5.74) is 8.29. The zero-order chi connectivity index (χ0) is 11.5. The smallest absolute Gasteiger partial charge is 0.131 e. The Bertz CT molecular complexity index is 531. The minimum Gasteiger partial charge on any atom is -0.383 e. The molecule has 0 aliphatic rings. The van der Waals surface area contributed by atoms with Crippen molar-refractivity contribution < 1.29 is 0 Å². The number of nitrogens with zero attached hydrogens (tertiary/aromatic N) is 3. The van der Waals surface area contributed by atoms with Crippen LogP contribution in [0, 0.1) is 11.3 Å². The van der Waals surface area contributed by atoms with Crippen LogP contribution in [-0.2, 0) is 6.54 Å². The molecule has 0 amide bonds. The van der Waals surface area contributed by atoms with Gasteiger partial charge in [0.15, 0.2) is 0 Å². The highest BCUT2D eigenvalue weighted by Crippen LogP contribution is 2.24. The van der Waals surface area contributed by atoms with Gasteiger partial charge in [0.25, 0.3) is 0 Å². The highest BCUT2D eigenvalue weighted by atomic mass is 15.1. The summed E-state index contributed by atoms with van der Waals surface area (Å²) in [5, 5.41) is 8.70. The predicted molar refractivity (Wildman–Crippen MR) is 62.5 cm³/mol. The highest BCUT2D eigenvalue weighted by Gasteiger charge is 2.08. The first-order valence-electron chi connectivity index (χ1n) is 5.07. The third-order valence-corrected chi connectivity index (χ3v) is 2.51. The lowest BCUT2D eigenvalue weighted by Crippen LogP contribution is -1.99. The Morgan fingerprint density at radius 1 is 1.38 bits per heavy atom. The van der Waals surface area contributed by atoms with Gasteiger partial charge in [0, 0.05) is 12.1 Å². The molecule has 80 valence electrons. The van der Waals surface area contributed by atoms with Crippen LogP contribution in [0.4, 0.5) is 5.82 Å². The third-order valence-electron chi connectivity index (χ3n) is 2.51. The number of aromatic nitrogens is 2. The van der Waals surface area contributed by atoms with E-state index in [4.69, 9.17) is 11.0 Å². The molecule has 1 heterocycles. The van der Waals surface area contributed by atoms with E-state index in [1.807, 2.05) is 23.6 Å². The van der Waals surface area contributed by atoms with Crippen LogP contribution in [0.2, 0.25) is 0 Å². The maximum absolute atomic E-state index is 8.70. The molecule has 4 nitrogen and oxygen atoms in total. The molecular formula is C12H12N4. The molecule has 0 saturated carbocycles. The number of imidazole rings is 1. The molecule has 0 spiro atoms. The molecule has 0 aliphatic heterocycles. The summed E-state index contributed by atoms with van der Waals surface area (Å²) < 4.78 is 1.88. The lowest BCUT2D eigenvalue weighted by atomic mass is 10.1. The minimum atomic E-state index is 0.636. The van der Waals surface area contributed by atoms with E-state index in [1.54, 1.807) is 18.5 Å². The maximum atomic E-state index is 8.70. The molecule has 16 heavy (non-hydrogen) atoms. The third kappa shape index (κ3) is 1.63. The van der Waals surface area contributed by atoms with Crippen molar-refractivity contribution in [2.45, 2.75) is 13.5 Å². The van der Waals surface area contributed by atoms with Gasteiger partial charge in [-0.1, -0.05) is 12.1 Å². The van der Waals surface area contributed by atoms with E-state index in [2.05, 4.69) is 11.1 Å². The predicted octanol–water partition coefficient (Wildman–Crippen LogP) is 2.02. The molecule has 2 aromatic rings. The van der Waals surface area contributed by atoms with E-state index < -0.39 is 0 Å². The molecule has 0 saturated heterocycles. The molecule has 2 rings (SSSR count). The lowest BCUT2D eigenvalue weighted by molar-refractivity contribution is 0.771. The normalized spacial score (nSPS) is 10.0. The minimum absolute atomic E-state index is 0.636. The number of nitriles is 1. The number of hydrogen-bond acceptors (Lipinski definition) is 3. The standard InChI is InChI=1S/C12H12N4/c1-2-16-8-15-11(12(16)14)10-5-3-9(7-13)4-6-10/h3-6,8H,2,14H2,1H3. The van der Waals surface area contributed by atoms with E-state index in [-0.39, 0.29) is 0 Å². The molecule has 4 heteroatoms. The zero-order valence-electron chi connectivity index (χ0n) is 9.01. The number of rotatable bonds is 2. The first-order chi connectivity index (χ1) is 7.76. The molecule has 0 fully saturated rings. The fraction of sp³-hybridized carbons (Fsp3) is 0.167. The lowest BCUT2D eigenvalue weighted by Gasteiger charge is -2.02. The van der Waals surface area contributed by atoms with Gasteiger partial charge in [-0.15, -0.1) is 0 Å². The Morgan fingerprint density at radius 3 is 2.56 bits per heavy atom. The van der Waals surface area contributed by atoms with Gasteiger partial charge in [0.1, 0.15) is 11.5 Å². The van der Waals surface area contributed by atoms with Gasteiger partial charge in [-0.05, 0) is 19.1 Å². The van der Waals surface area contributed by atoms with E-state index in [0.29, 0.717) is 11.4 Å². The van der Waals surface area contributed by atoms with Gasteiger partial charge in [0.2, 0.25) is 0 Å². The van der Waals surface area contributed by atoms with Gasteiger partial charge in [-0.2, -0.15) is 5.26 Å². The Kier molecular flexibility index (Phi) is 2.61. The first-order valence-corrected chi connectivity index (χ1v) is 5.07. The topological polar surface area (TPSA) is 67.6 Å². The van der Waals surface area contributed by atoms with Crippen LogP contribution in [0.25, 0.3) is 11.3 Å². The molecule has 0 radical (unpaired) electrons. The Morgan fingerprint density at radius 2 is 2.06 bits per heavy atom. The van der Waals surface area contributed by atoms with Crippen LogP contribution in [0.3, 0.4) is 0 Å². The highest BCUT2D eigenvalue weighted by molar-refractivity contribution is 5.70. The Labute approximate surface area is 94.0 Å². The molecule has 0 unspecified atom stereocenters. The molecule has 0 aliphatic carbocycles. The molecular weight excluding hydrogens is 200 g/mol. The van der Waals surface area contributed by atoms with Crippen molar-refractivity contribution in [3.63, 3.8) is 0 Å². The number of anilines is 1.